The van der Waals surface area contributed by atoms with Crippen molar-refractivity contribution in [2.75, 3.05) is 19.1 Å². The minimum absolute atomic E-state index is 0.0449. The number of carbonyl (C=O) groups excluding carboxylic acids is 1. The average Bonchev–Trinajstić information content (AvgIpc) is 3.27. The lowest BCUT2D eigenvalue weighted by atomic mass is 9.91. The first-order chi connectivity index (χ1) is 15.0. The van der Waals surface area contributed by atoms with Gasteiger partial charge in [0, 0.05) is 12.0 Å². The Hall–Kier alpha value is -3.35. The molecule has 0 radical (unpaired) electrons. The number of nitrogens with zero attached hydrogens (tertiary/aromatic N) is 4. The van der Waals surface area contributed by atoms with Gasteiger partial charge in [-0.25, -0.2) is 4.68 Å². The van der Waals surface area contributed by atoms with Crippen molar-refractivity contribution in [1.82, 2.24) is 14.8 Å². The lowest BCUT2D eigenvalue weighted by Crippen LogP contribution is -2.43. The van der Waals surface area contributed by atoms with Gasteiger partial charge in [0.2, 0.25) is 11.9 Å². The highest BCUT2D eigenvalue weighted by atomic mass is 16.5. The number of hydrogen-bond acceptors (Lipinski definition) is 5. The fourth-order valence-corrected chi connectivity index (χ4v) is 4.24. The maximum atomic E-state index is 13.3. The summed E-state index contributed by atoms with van der Waals surface area (Å²) in [6.07, 6.45) is 2.62. The van der Waals surface area contributed by atoms with E-state index in [2.05, 4.69) is 10.1 Å². The monoisotopic (exact) mass is 420 g/mol. The zero-order valence-corrected chi connectivity index (χ0v) is 18.4. The molecule has 1 aromatic heterocycles. The number of hydrogen-bond donors (Lipinski definition) is 0. The molecule has 162 valence electrons. The number of methoxy groups -OCH3 is 2. The van der Waals surface area contributed by atoms with E-state index < -0.39 is 0 Å². The molecule has 7 nitrogen and oxygen atoms in total. The molecule has 2 heterocycles. The second-order valence-electron chi connectivity index (χ2n) is 8.15. The number of amides is 1. The van der Waals surface area contributed by atoms with E-state index in [1.807, 2.05) is 67.1 Å². The number of ether oxygens (including phenoxy) is 2. The molecule has 0 fully saturated rings. The molecule has 0 saturated heterocycles. The number of carbonyl (C=O) groups is 1. The van der Waals surface area contributed by atoms with E-state index in [0.717, 1.165) is 22.6 Å². The van der Waals surface area contributed by atoms with Gasteiger partial charge < -0.3 is 9.47 Å². The van der Waals surface area contributed by atoms with E-state index in [4.69, 9.17) is 9.47 Å². The highest BCUT2D eigenvalue weighted by molar-refractivity contribution is 5.93. The quantitative estimate of drug-likeness (QED) is 0.591. The Bertz CT molecular complexity index is 1040. The zero-order chi connectivity index (χ0) is 22.0. The van der Waals surface area contributed by atoms with Crippen LogP contribution in [0.4, 0.5) is 5.95 Å². The predicted octanol–water partition coefficient (Wildman–Crippen LogP) is 4.41. The van der Waals surface area contributed by atoms with Crippen LogP contribution < -0.4 is 14.4 Å². The van der Waals surface area contributed by atoms with Crippen LogP contribution in [0.15, 0.2) is 54.9 Å². The highest BCUT2D eigenvalue weighted by Crippen LogP contribution is 2.44. The van der Waals surface area contributed by atoms with Gasteiger partial charge in [-0.05, 0) is 36.1 Å². The molecule has 1 amide bonds. The minimum Gasteiger partial charge on any atom is -0.497 e. The molecule has 1 aliphatic heterocycles. The van der Waals surface area contributed by atoms with Crippen molar-refractivity contribution in [3.63, 3.8) is 0 Å². The van der Waals surface area contributed by atoms with Crippen molar-refractivity contribution < 1.29 is 14.3 Å². The molecular formula is C24H28N4O3. The van der Waals surface area contributed by atoms with Crippen LogP contribution >= 0.6 is 0 Å². The molecule has 0 saturated carbocycles. The Kier molecular flexibility index (Phi) is 5.93. The maximum absolute atomic E-state index is 13.3. The van der Waals surface area contributed by atoms with Gasteiger partial charge in [-0.1, -0.05) is 44.2 Å². The number of para-hydroxylation sites is 1. The molecule has 4 rings (SSSR count). The van der Waals surface area contributed by atoms with Crippen molar-refractivity contribution in [2.45, 2.75) is 38.8 Å². The van der Waals surface area contributed by atoms with Crippen molar-refractivity contribution in [2.24, 2.45) is 5.92 Å². The second kappa shape index (κ2) is 8.79. The summed E-state index contributed by atoms with van der Waals surface area (Å²) < 4.78 is 12.8. The lowest BCUT2D eigenvalue weighted by Gasteiger charge is -2.39. The third-order valence-electron chi connectivity index (χ3n) is 5.67. The predicted molar refractivity (Wildman–Crippen MR) is 118 cm³/mol. The normalized spacial score (nSPS) is 18.0. The van der Waals surface area contributed by atoms with Crippen LogP contribution in [0.1, 0.15) is 49.9 Å². The van der Waals surface area contributed by atoms with Gasteiger partial charge in [0.25, 0.3) is 0 Å². The molecular weight excluding hydrogens is 392 g/mol. The number of anilines is 1. The Labute approximate surface area is 182 Å². The van der Waals surface area contributed by atoms with Crippen molar-refractivity contribution in [3.8, 4) is 11.5 Å². The Morgan fingerprint density at radius 2 is 1.81 bits per heavy atom. The molecule has 0 bridgehead atoms. The number of aromatic nitrogens is 3. The Balaban J connectivity index is 1.83. The molecule has 0 spiro atoms. The Morgan fingerprint density at radius 3 is 2.48 bits per heavy atom. The van der Waals surface area contributed by atoms with Crippen molar-refractivity contribution in [1.29, 1.82) is 0 Å². The molecule has 1 aliphatic rings. The first-order valence-electron chi connectivity index (χ1n) is 10.5. The smallest absolute Gasteiger partial charge is 0.231 e. The van der Waals surface area contributed by atoms with E-state index in [0.29, 0.717) is 18.8 Å². The number of fused-ring (bicyclic) bond motifs is 1. The molecule has 31 heavy (non-hydrogen) atoms. The summed E-state index contributed by atoms with van der Waals surface area (Å²) in [5.41, 5.74) is 2.05. The minimum atomic E-state index is -0.177. The molecule has 0 unspecified atom stereocenters. The fraction of sp³-hybridized carbons (Fsp3) is 0.375. The highest BCUT2D eigenvalue weighted by Gasteiger charge is 2.40. The molecule has 2 aromatic carbocycles. The molecule has 0 N–H and O–H groups in total. The van der Waals surface area contributed by atoms with E-state index in [1.165, 1.54) is 6.33 Å². The molecule has 2 atom stereocenters. The molecule has 3 aromatic rings. The van der Waals surface area contributed by atoms with Crippen LogP contribution in [0.5, 0.6) is 11.5 Å². The standard InChI is InChI=1S/C24H28N4O3/c1-16(2)13-23(29)27-20(17-9-11-18(30-3)12-10-17)14-21(28-24(27)25-15-26-28)19-7-5-6-8-22(19)31-4/h5-12,15-16,20-21H,13-14H2,1-4H3/t20-,21-/m0/s1. The van der Waals surface area contributed by atoms with Gasteiger partial charge in [-0.2, -0.15) is 10.1 Å². The van der Waals surface area contributed by atoms with Crippen LogP contribution in [-0.2, 0) is 4.79 Å². The summed E-state index contributed by atoms with van der Waals surface area (Å²) in [5.74, 6) is 2.43. The summed E-state index contributed by atoms with van der Waals surface area (Å²) in [7, 11) is 3.32. The van der Waals surface area contributed by atoms with Crippen LogP contribution in [0, 0.1) is 5.92 Å². The van der Waals surface area contributed by atoms with E-state index in [1.54, 1.807) is 19.1 Å². The topological polar surface area (TPSA) is 69.5 Å². The largest absolute Gasteiger partial charge is 0.497 e. The molecule has 0 aliphatic carbocycles. The summed E-state index contributed by atoms with van der Waals surface area (Å²) >= 11 is 0. The first-order valence-corrected chi connectivity index (χ1v) is 10.5. The van der Waals surface area contributed by atoms with Gasteiger partial charge in [0.15, 0.2) is 0 Å². The average molecular weight is 421 g/mol. The second-order valence-corrected chi connectivity index (χ2v) is 8.15. The number of rotatable bonds is 6. The summed E-state index contributed by atoms with van der Waals surface area (Å²) in [4.78, 5) is 19.6. The van der Waals surface area contributed by atoms with Crippen molar-refractivity contribution >= 4 is 11.9 Å². The lowest BCUT2D eigenvalue weighted by molar-refractivity contribution is -0.120. The van der Waals surface area contributed by atoms with Gasteiger partial charge >= 0.3 is 0 Å². The number of benzene rings is 2. The fourth-order valence-electron chi connectivity index (χ4n) is 4.24. The van der Waals surface area contributed by atoms with Gasteiger partial charge in [-0.15, -0.1) is 0 Å². The Morgan fingerprint density at radius 1 is 1.06 bits per heavy atom. The zero-order valence-electron chi connectivity index (χ0n) is 18.4. The summed E-state index contributed by atoms with van der Waals surface area (Å²) in [6, 6.07) is 15.5. The van der Waals surface area contributed by atoms with Crippen molar-refractivity contribution in [3.05, 3.63) is 66.0 Å². The SMILES string of the molecule is COc1ccc([C@@H]2C[C@@H](c3ccccc3OC)n3ncnc3N2C(=O)CC(C)C)cc1. The third kappa shape index (κ3) is 4.00. The molecule has 7 heteroatoms. The van der Waals surface area contributed by atoms with E-state index in [-0.39, 0.29) is 23.9 Å². The van der Waals surface area contributed by atoms with Crippen LogP contribution in [-0.4, -0.2) is 34.9 Å². The maximum Gasteiger partial charge on any atom is 0.231 e. The van der Waals surface area contributed by atoms with Gasteiger partial charge in [-0.3, -0.25) is 9.69 Å². The van der Waals surface area contributed by atoms with Gasteiger partial charge in [0.1, 0.15) is 17.8 Å². The van der Waals surface area contributed by atoms with E-state index in [9.17, 15) is 4.79 Å². The van der Waals surface area contributed by atoms with E-state index >= 15 is 0 Å². The van der Waals surface area contributed by atoms with Gasteiger partial charge in [0.05, 0.1) is 26.3 Å². The summed E-state index contributed by atoms with van der Waals surface area (Å²) in [5, 5.41) is 4.49. The summed E-state index contributed by atoms with van der Waals surface area (Å²) in [6.45, 7) is 4.10. The first kappa shape index (κ1) is 20.9. The van der Waals surface area contributed by atoms with Crippen LogP contribution in [0.2, 0.25) is 0 Å². The van der Waals surface area contributed by atoms with Crippen LogP contribution in [0.25, 0.3) is 0 Å². The van der Waals surface area contributed by atoms with Crippen LogP contribution in [0.3, 0.4) is 0 Å². The third-order valence-corrected chi connectivity index (χ3v) is 5.67.